The topological polar surface area (TPSA) is 67.9 Å². The zero-order valence-electron chi connectivity index (χ0n) is 19.9. The van der Waals surface area contributed by atoms with Gasteiger partial charge in [0.15, 0.2) is 0 Å². The smallest absolute Gasteiger partial charge is 0.407 e. The van der Waals surface area contributed by atoms with E-state index < -0.39 is 0 Å². The van der Waals surface area contributed by atoms with Crippen molar-refractivity contribution in [2.24, 2.45) is 5.92 Å². The molecule has 0 unspecified atom stereocenters. The van der Waals surface area contributed by atoms with Crippen molar-refractivity contribution in [2.45, 2.75) is 50.7 Å². The van der Waals surface area contributed by atoms with E-state index in [9.17, 15) is 9.59 Å². The third kappa shape index (κ3) is 5.68. The molecule has 1 amide bonds. The molecule has 2 aromatic carbocycles. The maximum Gasteiger partial charge on any atom is 0.407 e. The summed E-state index contributed by atoms with van der Waals surface area (Å²) in [6.45, 7) is 8.43. The van der Waals surface area contributed by atoms with Crippen molar-refractivity contribution < 1.29 is 19.1 Å². The molecule has 1 saturated carbocycles. The van der Waals surface area contributed by atoms with E-state index in [1.54, 1.807) is 0 Å². The number of benzene rings is 2. The van der Waals surface area contributed by atoms with Gasteiger partial charge in [-0.2, -0.15) is 0 Å². The molecular formula is C28H34N2O4. The molecule has 3 atom stereocenters. The number of carbonyl (C=O) groups excluding carboxylic acids is 2. The SMILES string of the molecule is C=CCN1CC[C@@]2(c3cccc(OC(C)=O)c3)C[C@H](NC(=O)OCc3ccccc3)CC[C@@H]2C1. The fourth-order valence-electron chi connectivity index (χ4n) is 5.66. The molecule has 0 spiro atoms. The lowest BCUT2D eigenvalue weighted by atomic mass is 9.58. The molecular weight excluding hydrogens is 428 g/mol. The van der Waals surface area contributed by atoms with Gasteiger partial charge in [-0.25, -0.2) is 4.79 Å². The van der Waals surface area contributed by atoms with Crippen LogP contribution in [0.1, 0.15) is 43.7 Å². The van der Waals surface area contributed by atoms with E-state index in [0.717, 1.165) is 50.9 Å². The Morgan fingerprint density at radius 1 is 1.18 bits per heavy atom. The number of carbonyl (C=O) groups is 2. The first kappa shape index (κ1) is 24.0. The summed E-state index contributed by atoms with van der Waals surface area (Å²) in [6.07, 6.45) is 5.33. The number of hydrogen-bond donors (Lipinski definition) is 1. The quantitative estimate of drug-likeness (QED) is 0.362. The molecule has 6 nitrogen and oxygen atoms in total. The van der Waals surface area contributed by atoms with Gasteiger partial charge in [0.25, 0.3) is 0 Å². The second kappa shape index (κ2) is 10.9. The molecule has 4 rings (SSSR count). The summed E-state index contributed by atoms with van der Waals surface area (Å²) in [5.41, 5.74) is 2.05. The molecule has 2 aromatic rings. The van der Waals surface area contributed by atoms with E-state index in [4.69, 9.17) is 9.47 Å². The van der Waals surface area contributed by atoms with Crippen molar-refractivity contribution >= 4 is 12.1 Å². The Labute approximate surface area is 201 Å². The number of alkyl carbamates (subject to hydrolysis) is 1. The number of esters is 1. The van der Waals surface area contributed by atoms with Gasteiger partial charge in [-0.05, 0) is 61.4 Å². The number of hydrogen-bond acceptors (Lipinski definition) is 5. The molecule has 2 fully saturated rings. The number of fused-ring (bicyclic) bond motifs is 1. The van der Waals surface area contributed by atoms with Gasteiger partial charge in [-0.1, -0.05) is 48.5 Å². The van der Waals surface area contributed by atoms with Gasteiger partial charge in [0.05, 0.1) is 0 Å². The fraction of sp³-hybridized carbons (Fsp3) is 0.429. The van der Waals surface area contributed by atoms with Crippen LogP contribution in [0.5, 0.6) is 5.75 Å². The Morgan fingerprint density at radius 2 is 2.00 bits per heavy atom. The maximum atomic E-state index is 12.6. The third-order valence-corrected chi connectivity index (χ3v) is 7.20. The van der Waals surface area contributed by atoms with Crippen LogP contribution >= 0.6 is 0 Å². The van der Waals surface area contributed by atoms with Crippen LogP contribution in [0.4, 0.5) is 4.79 Å². The fourth-order valence-corrected chi connectivity index (χ4v) is 5.66. The molecule has 180 valence electrons. The molecule has 34 heavy (non-hydrogen) atoms. The van der Waals surface area contributed by atoms with Gasteiger partial charge >= 0.3 is 12.1 Å². The number of nitrogens with one attached hydrogen (secondary N) is 1. The lowest BCUT2D eigenvalue weighted by Crippen LogP contribution is -2.56. The van der Waals surface area contributed by atoms with E-state index in [1.807, 2.05) is 54.6 Å². The summed E-state index contributed by atoms with van der Waals surface area (Å²) in [4.78, 5) is 26.6. The third-order valence-electron chi connectivity index (χ3n) is 7.20. The summed E-state index contributed by atoms with van der Waals surface area (Å²) in [7, 11) is 0. The zero-order chi connectivity index (χ0) is 24.0. The van der Waals surface area contributed by atoms with Crippen LogP contribution in [-0.2, 0) is 21.6 Å². The van der Waals surface area contributed by atoms with Gasteiger partial charge in [0.1, 0.15) is 12.4 Å². The summed E-state index contributed by atoms with van der Waals surface area (Å²) in [5, 5.41) is 3.12. The Hall–Kier alpha value is -3.12. The molecule has 0 aromatic heterocycles. The minimum atomic E-state index is -0.375. The Balaban J connectivity index is 1.50. The Bertz CT molecular complexity index is 1010. The number of rotatable bonds is 7. The van der Waals surface area contributed by atoms with Crippen LogP contribution in [0.15, 0.2) is 67.3 Å². The van der Waals surface area contributed by atoms with E-state index in [1.165, 1.54) is 12.5 Å². The first-order chi connectivity index (χ1) is 16.5. The number of nitrogens with zero attached hydrogens (tertiary/aromatic N) is 1. The second-order valence-electron chi connectivity index (χ2n) is 9.46. The van der Waals surface area contributed by atoms with E-state index in [2.05, 4.69) is 22.9 Å². The van der Waals surface area contributed by atoms with Gasteiger partial charge < -0.3 is 14.8 Å². The lowest BCUT2D eigenvalue weighted by Gasteiger charge is -2.53. The van der Waals surface area contributed by atoms with Crippen LogP contribution in [0, 0.1) is 5.92 Å². The van der Waals surface area contributed by atoms with Crippen molar-refractivity contribution in [1.82, 2.24) is 10.2 Å². The summed E-state index contributed by atoms with van der Waals surface area (Å²) >= 11 is 0. The van der Waals surface area contributed by atoms with E-state index in [-0.39, 0.29) is 30.1 Å². The summed E-state index contributed by atoms with van der Waals surface area (Å²) < 4.78 is 10.9. The predicted molar refractivity (Wildman–Crippen MR) is 132 cm³/mol. The second-order valence-corrected chi connectivity index (χ2v) is 9.46. The molecule has 1 saturated heterocycles. The largest absolute Gasteiger partial charge is 0.445 e. The van der Waals surface area contributed by atoms with Crippen LogP contribution < -0.4 is 10.1 Å². The molecule has 1 N–H and O–H groups in total. The van der Waals surface area contributed by atoms with Gasteiger partial charge in [0.2, 0.25) is 0 Å². The molecule has 0 radical (unpaired) electrons. The standard InChI is InChI=1S/C28H34N2O4/c1-3-15-30-16-14-28(23-10-7-11-26(17-23)34-21(2)31)18-25(13-12-24(28)19-30)29-27(32)33-20-22-8-5-4-6-9-22/h3-11,17,24-25H,1,12-16,18-20H2,2H3,(H,29,32)/t24-,25-,28+/m1/s1. The normalized spacial score (nSPS) is 24.5. The average molecular weight is 463 g/mol. The number of ether oxygens (including phenoxy) is 2. The average Bonchev–Trinajstić information content (AvgIpc) is 2.83. The van der Waals surface area contributed by atoms with E-state index >= 15 is 0 Å². The highest BCUT2D eigenvalue weighted by Crippen LogP contribution is 2.49. The molecule has 1 aliphatic heterocycles. The highest BCUT2D eigenvalue weighted by Gasteiger charge is 2.48. The van der Waals surface area contributed by atoms with Gasteiger partial charge in [0, 0.05) is 31.5 Å². The van der Waals surface area contributed by atoms with Crippen molar-refractivity contribution in [3.8, 4) is 5.75 Å². The van der Waals surface area contributed by atoms with E-state index in [0.29, 0.717) is 11.7 Å². The maximum absolute atomic E-state index is 12.6. The van der Waals surface area contributed by atoms with Crippen molar-refractivity contribution in [2.75, 3.05) is 19.6 Å². The predicted octanol–water partition coefficient (Wildman–Crippen LogP) is 4.84. The molecule has 1 aliphatic carbocycles. The van der Waals surface area contributed by atoms with Crippen molar-refractivity contribution in [3.05, 3.63) is 78.4 Å². The van der Waals surface area contributed by atoms with Gasteiger partial charge in [-0.15, -0.1) is 6.58 Å². The minimum absolute atomic E-state index is 0.0304. The van der Waals surface area contributed by atoms with Crippen molar-refractivity contribution in [1.29, 1.82) is 0 Å². The Morgan fingerprint density at radius 3 is 2.76 bits per heavy atom. The first-order valence-corrected chi connectivity index (χ1v) is 12.1. The highest BCUT2D eigenvalue weighted by molar-refractivity contribution is 5.69. The lowest BCUT2D eigenvalue weighted by molar-refractivity contribution is -0.131. The van der Waals surface area contributed by atoms with Crippen molar-refractivity contribution in [3.63, 3.8) is 0 Å². The first-order valence-electron chi connectivity index (χ1n) is 12.1. The number of piperidine rings is 1. The molecule has 6 heteroatoms. The van der Waals surface area contributed by atoms with Crippen LogP contribution in [0.3, 0.4) is 0 Å². The minimum Gasteiger partial charge on any atom is -0.445 e. The summed E-state index contributed by atoms with van der Waals surface area (Å²) in [5.74, 6) is 0.701. The molecule has 0 bridgehead atoms. The number of likely N-dealkylation sites (tertiary alicyclic amines) is 1. The molecule has 1 heterocycles. The monoisotopic (exact) mass is 462 g/mol. The summed E-state index contributed by atoms with van der Waals surface area (Å²) in [6, 6.07) is 17.7. The zero-order valence-corrected chi connectivity index (χ0v) is 19.9. The van der Waals surface area contributed by atoms with Crippen LogP contribution in [-0.4, -0.2) is 42.6 Å². The Kier molecular flexibility index (Phi) is 7.68. The van der Waals surface area contributed by atoms with Crippen LogP contribution in [0.2, 0.25) is 0 Å². The van der Waals surface area contributed by atoms with Gasteiger partial charge in [-0.3, -0.25) is 9.69 Å². The number of amides is 1. The highest BCUT2D eigenvalue weighted by atomic mass is 16.5. The molecule has 2 aliphatic rings. The van der Waals surface area contributed by atoms with Crippen LogP contribution in [0.25, 0.3) is 0 Å².